The number of carbonyl (C=O) groups excluding carboxylic acids is 3. The molecule has 1 N–H and O–H groups in total. The number of hydrogen-bond donors (Lipinski definition) is 1. The van der Waals surface area contributed by atoms with E-state index in [1.807, 2.05) is 68.4 Å². The SMILES string of the molecule is Cc1cc(/C=C2\C(=O)NC(=O)N(C3CCCC3)C2=O)c(C)n1-c1ccc(OCc2ccccc2Cl)cc1. The van der Waals surface area contributed by atoms with Gasteiger partial charge in [0, 0.05) is 33.7 Å². The fourth-order valence-electron chi connectivity index (χ4n) is 5.12. The third kappa shape index (κ3) is 4.91. The first-order chi connectivity index (χ1) is 17.8. The molecule has 2 fully saturated rings. The summed E-state index contributed by atoms with van der Waals surface area (Å²) in [6.07, 6.45) is 5.08. The summed E-state index contributed by atoms with van der Waals surface area (Å²) >= 11 is 6.22. The molecule has 0 radical (unpaired) electrons. The van der Waals surface area contributed by atoms with Crippen molar-refractivity contribution in [2.24, 2.45) is 0 Å². The Kier molecular flexibility index (Phi) is 6.89. The van der Waals surface area contributed by atoms with Crippen molar-refractivity contribution in [2.45, 2.75) is 52.2 Å². The molecule has 4 amide bonds. The van der Waals surface area contributed by atoms with Crippen molar-refractivity contribution in [1.82, 2.24) is 14.8 Å². The number of halogens is 1. The lowest BCUT2D eigenvalue weighted by atomic mass is 10.1. The van der Waals surface area contributed by atoms with Crippen LogP contribution in [0, 0.1) is 13.8 Å². The molecule has 0 atom stereocenters. The van der Waals surface area contributed by atoms with Gasteiger partial charge in [0.15, 0.2) is 0 Å². The van der Waals surface area contributed by atoms with Crippen LogP contribution in [-0.4, -0.2) is 33.4 Å². The fraction of sp³-hybridized carbons (Fsp3) is 0.276. The molecule has 5 rings (SSSR count). The Bertz CT molecular complexity index is 1400. The number of nitrogens with zero attached hydrogens (tertiary/aromatic N) is 2. The number of imide groups is 2. The molecular weight excluding hydrogens is 490 g/mol. The second kappa shape index (κ2) is 10.3. The first-order valence-electron chi connectivity index (χ1n) is 12.4. The summed E-state index contributed by atoms with van der Waals surface area (Å²) in [5, 5.41) is 3.01. The second-order valence-electron chi connectivity index (χ2n) is 9.47. The Balaban J connectivity index is 1.37. The smallest absolute Gasteiger partial charge is 0.331 e. The second-order valence-corrected chi connectivity index (χ2v) is 9.87. The number of amides is 4. The van der Waals surface area contributed by atoms with Crippen LogP contribution < -0.4 is 10.1 Å². The number of rotatable bonds is 6. The lowest BCUT2D eigenvalue weighted by molar-refractivity contribution is -0.131. The number of urea groups is 1. The lowest BCUT2D eigenvalue weighted by Crippen LogP contribution is -2.57. The molecule has 8 heteroatoms. The van der Waals surface area contributed by atoms with E-state index in [2.05, 4.69) is 9.88 Å². The number of barbiturate groups is 1. The van der Waals surface area contributed by atoms with Crippen LogP contribution in [0.2, 0.25) is 5.02 Å². The third-order valence-corrected chi connectivity index (χ3v) is 7.41. The van der Waals surface area contributed by atoms with E-state index in [1.165, 1.54) is 4.90 Å². The Morgan fingerprint density at radius 3 is 2.43 bits per heavy atom. The van der Waals surface area contributed by atoms with Crippen LogP contribution in [0.15, 0.2) is 60.2 Å². The van der Waals surface area contributed by atoms with Crippen molar-refractivity contribution >= 4 is 35.5 Å². The zero-order valence-corrected chi connectivity index (χ0v) is 21.5. The van der Waals surface area contributed by atoms with Crippen molar-refractivity contribution in [3.63, 3.8) is 0 Å². The van der Waals surface area contributed by atoms with Crippen molar-refractivity contribution < 1.29 is 19.1 Å². The molecule has 190 valence electrons. The van der Waals surface area contributed by atoms with E-state index in [1.54, 1.807) is 6.08 Å². The van der Waals surface area contributed by atoms with Gasteiger partial charge in [0.1, 0.15) is 17.9 Å². The molecule has 0 bridgehead atoms. The Hall–Kier alpha value is -3.84. The zero-order chi connectivity index (χ0) is 26.1. The molecular formula is C29H28ClN3O4. The Labute approximate surface area is 220 Å². The maximum atomic E-state index is 13.2. The first kappa shape index (κ1) is 24.8. The van der Waals surface area contributed by atoms with Gasteiger partial charge in [-0.1, -0.05) is 42.6 Å². The maximum Gasteiger partial charge on any atom is 0.331 e. The van der Waals surface area contributed by atoms with Crippen LogP contribution in [0.25, 0.3) is 11.8 Å². The minimum Gasteiger partial charge on any atom is -0.489 e. The van der Waals surface area contributed by atoms with Gasteiger partial charge >= 0.3 is 6.03 Å². The van der Waals surface area contributed by atoms with Crippen LogP contribution in [0.4, 0.5) is 4.79 Å². The highest BCUT2D eigenvalue weighted by atomic mass is 35.5. The van der Waals surface area contributed by atoms with Crippen LogP contribution in [0.1, 0.15) is 48.2 Å². The van der Waals surface area contributed by atoms with Gasteiger partial charge in [-0.2, -0.15) is 0 Å². The van der Waals surface area contributed by atoms with E-state index in [0.29, 0.717) is 11.6 Å². The summed E-state index contributed by atoms with van der Waals surface area (Å²) in [5.41, 5.74) is 4.39. The van der Waals surface area contributed by atoms with E-state index in [-0.39, 0.29) is 11.6 Å². The average molecular weight is 518 g/mol. The van der Waals surface area contributed by atoms with Crippen molar-refractivity contribution in [3.8, 4) is 11.4 Å². The molecule has 3 aromatic rings. The Morgan fingerprint density at radius 2 is 1.73 bits per heavy atom. The van der Waals surface area contributed by atoms with Gasteiger partial charge in [-0.3, -0.25) is 19.8 Å². The quantitative estimate of drug-likeness (QED) is 0.334. The summed E-state index contributed by atoms with van der Waals surface area (Å²) in [4.78, 5) is 39.4. The largest absolute Gasteiger partial charge is 0.489 e. The number of ether oxygens (including phenoxy) is 1. The minimum absolute atomic E-state index is 0.0185. The summed E-state index contributed by atoms with van der Waals surface area (Å²) in [6, 6.07) is 16.4. The van der Waals surface area contributed by atoms with Gasteiger partial charge in [-0.25, -0.2) is 4.79 Å². The molecule has 1 aromatic heterocycles. The van der Waals surface area contributed by atoms with Gasteiger partial charge in [0.25, 0.3) is 11.8 Å². The predicted molar refractivity (Wildman–Crippen MR) is 142 cm³/mol. The normalized spacial score (nSPS) is 17.5. The van der Waals surface area contributed by atoms with Gasteiger partial charge < -0.3 is 9.30 Å². The van der Waals surface area contributed by atoms with Gasteiger partial charge in [-0.05, 0) is 74.7 Å². The average Bonchev–Trinajstić information content (AvgIpc) is 3.49. The number of hydrogen-bond acceptors (Lipinski definition) is 4. The van der Waals surface area contributed by atoms with E-state index in [9.17, 15) is 14.4 Å². The number of aromatic nitrogens is 1. The Morgan fingerprint density at radius 1 is 1.03 bits per heavy atom. The van der Waals surface area contributed by atoms with Crippen LogP contribution in [-0.2, 0) is 16.2 Å². The van der Waals surface area contributed by atoms with E-state index in [0.717, 1.165) is 59.6 Å². The zero-order valence-electron chi connectivity index (χ0n) is 20.8. The van der Waals surface area contributed by atoms with Crippen LogP contribution >= 0.6 is 11.6 Å². The van der Waals surface area contributed by atoms with E-state index < -0.39 is 17.8 Å². The highest BCUT2D eigenvalue weighted by Crippen LogP contribution is 2.29. The molecule has 0 unspecified atom stereocenters. The highest BCUT2D eigenvalue weighted by molar-refractivity contribution is 6.31. The fourth-order valence-corrected chi connectivity index (χ4v) is 5.31. The first-order valence-corrected chi connectivity index (χ1v) is 12.8. The maximum absolute atomic E-state index is 13.2. The number of nitrogens with one attached hydrogen (secondary N) is 1. The molecule has 7 nitrogen and oxygen atoms in total. The monoisotopic (exact) mass is 517 g/mol. The van der Waals surface area contributed by atoms with E-state index >= 15 is 0 Å². The standard InChI is InChI=1S/C29H28ClN3O4/c1-18-15-21(16-25-27(34)31-29(36)33(28(25)35)22-8-4-5-9-22)19(2)32(18)23-11-13-24(14-12-23)37-17-20-7-3-6-10-26(20)30/h3,6-7,10-16,22H,4-5,8-9,17H2,1-2H3,(H,31,34,36)/b25-16+. The molecule has 2 aromatic carbocycles. The third-order valence-electron chi connectivity index (χ3n) is 7.04. The summed E-state index contributed by atoms with van der Waals surface area (Å²) in [7, 11) is 0. The molecule has 0 spiro atoms. The van der Waals surface area contributed by atoms with Crippen molar-refractivity contribution in [3.05, 3.63) is 87.7 Å². The molecule has 37 heavy (non-hydrogen) atoms. The number of aryl methyl sites for hydroxylation is 1. The minimum atomic E-state index is -0.658. The topological polar surface area (TPSA) is 80.6 Å². The van der Waals surface area contributed by atoms with Gasteiger partial charge in [-0.15, -0.1) is 0 Å². The summed E-state index contributed by atoms with van der Waals surface area (Å²) < 4.78 is 7.95. The van der Waals surface area contributed by atoms with Crippen molar-refractivity contribution in [2.75, 3.05) is 0 Å². The molecule has 1 saturated carbocycles. The number of benzene rings is 2. The van der Waals surface area contributed by atoms with Crippen LogP contribution in [0.5, 0.6) is 5.75 Å². The highest BCUT2D eigenvalue weighted by Gasteiger charge is 2.40. The predicted octanol–water partition coefficient (Wildman–Crippen LogP) is 5.73. The summed E-state index contributed by atoms with van der Waals surface area (Å²) in [5.74, 6) is -0.464. The lowest BCUT2D eigenvalue weighted by Gasteiger charge is -2.31. The molecule has 2 aliphatic rings. The summed E-state index contributed by atoms with van der Waals surface area (Å²) in [6.45, 7) is 4.27. The van der Waals surface area contributed by atoms with E-state index in [4.69, 9.17) is 16.3 Å². The molecule has 1 aliphatic heterocycles. The molecule has 1 saturated heterocycles. The van der Waals surface area contributed by atoms with Crippen LogP contribution in [0.3, 0.4) is 0 Å². The van der Waals surface area contributed by atoms with Gasteiger partial charge in [0.2, 0.25) is 0 Å². The molecule has 2 heterocycles. The number of carbonyl (C=O) groups is 3. The van der Waals surface area contributed by atoms with Gasteiger partial charge in [0.05, 0.1) is 0 Å². The molecule has 1 aliphatic carbocycles. The van der Waals surface area contributed by atoms with Crippen molar-refractivity contribution in [1.29, 1.82) is 0 Å².